The molecule has 0 saturated carbocycles. The third-order valence-electron chi connectivity index (χ3n) is 4.16. The van der Waals surface area contributed by atoms with Crippen LogP contribution in [0.4, 0.5) is 0 Å². The van der Waals surface area contributed by atoms with Crippen molar-refractivity contribution in [2.75, 3.05) is 6.61 Å². The van der Waals surface area contributed by atoms with E-state index in [0.29, 0.717) is 36.3 Å². The van der Waals surface area contributed by atoms with Crippen LogP contribution in [0.2, 0.25) is 0 Å². The number of benzene rings is 1. The molecule has 25 heavy (non-hydrogen) atoms. The predicted octanol–water partition coefficient (Wildman–Crippen LogP) is 1.88. The van der Waals surface area contributed by atoms with Gasteiger partial charge in [-0.1, -0.05) is 30.3 Å². The molecule has 3 rings (SSSR count). The van der Waals surface area contributed by atoms with Crippen LogP contribution in [0.1, 0.15) is 18.2 Å². The van der Waals surface area contributed by atoms with Crippen molar-refractivity contribution in [3.05, 3.63) is 54.7 Å². The standard InChI is InChI=1S/C18H21N3O4/c22-11-14(23)16-15(13-5-2-1-3-6-13)17(24)18(25)21(16)9-4-8-20-10-7-19-12-20/h1-3,5-7,10,12,14,22-25H,4,8-9,11H2. The Morgan fingerprint density at radius 2 is 1.84 bits per heavy atom. The van der Waals surface area contributed by atoms with Gasteiger partial charge in [-0.15, -0.1) is 0 Å². The first-order valence-corrected chi connectivity index (χ1v) is 8.08. The number of rotatable bonds is 7. The fourth-order valence-corrected chi connectivity index (χ4v) is 2.99. The highest BCUT2D eigenvalue weighted by Gasteiger charge is 2.27. The van der Waals surface area contributed by atoms with E-state index in [1.54, 1.807) is 36.8 Å². The van der Waals surface area contributed by atoms with Gasteiger partial charge in [-0.25, -0.2) is 4.98 Å². The Bertz CT molecular complexity index is 813. The molecule has 2 heterocycles. The molecule has 3 aromatic rings. The Hall–Kier alpha value is -2.77. The van der Waals surface area contributed by atoms with Gasteiger partial charge in [0.25, 0.3) is 0 Å². The minimum absolute atomic E-state index is 0.295. The Morgan fingerprint density at radius 1 is 1.08 bits per heavy atom. The van der Waals surface area contributed by atoms with Crippen molar-refractivity contribution in [1.29, 1.82) is 0 Å². The lowest BCUT2D eigenvalue weighted by atomic mass is 10.0. The summed E-state index contributed by atoms with van der Waals surface area (Å²) in [7, 11) is 0. The number of aliphatic hydroxyl groups excluding tert-OH is 2. The van der Waals surface area contributed by atoms with Gasteiger partial charge in [0.15, 0.2) is 5.75 Å². The molecule has 1 atom stereocenters. The average Bonchev–Trinajstić information content (AvgIpc) is 3.24. The third-order valence-corrected chi connectivity index (χ3v) is 4.16. The van der Waals surface area contributed by atoms with E-state index in [9.17, 15) is 20.4 Å². The fraction of sp³-hybridized carbons (Fsp3) is 0.278. The van der Waals surface area contributed by atoms with Crippen molar-refractivity contribution in [2.24, 2.45) is 0 Å². The molecule has 0 saturated heterocycles. The number of aliphatic hydroxyl groups is 2. The number of aryl methyl sites for hydroxylation is 1. The highest BCUT2D eigenvalue weighted by Crippen LogP contribution is 2.44. The van der Waals surface area contributed by atoms with E-state index >= 15 is 0 Å². The number of aromatic hydroxyl groups is 2. The maximum absolute atomic E-state index is 10.4. The summed E-state index contributed by atoms with van der Waals surface area (Å²) in [5, 5.41) is 40.5. The molecule has 7 heteroatoms. The maximum Gasteiger partial charge on any atom is 0.235 e. The van der Waals surface area contributed by atoms with E-state index in [-0.39, 0.29) is 11.6 Å². The number of hydrogen-bond acceptors (Lipinski definition) is 5. The molecule has 0 aliphatic heterocycles. The molecule has 0 aliphatic rings. The quantitative estimate of drug-likeness (QED) is 0.524. The Labute approximate surface area is 145 Å². The summed E-state index contributed by atoms with van der Waals surface area (Å²) in [4.78, 5) is 3.98. The largest absolute Gasteiger partial charge is 0.503 e. The van der Waals surface area contributed by atoms with E-state index < -0.39 is 12.7 Å². The Morgan fingerprint density at radius 3 is 2.48 bits per heavy atom. The van der Waals surface area contributed by atoms with Gasteiger partial charge in [-0.2, -0.15) is 0 Å². The summed E-state index contributed by atoms with van der Waals surface area (Å²) in [6.45, 7) is 0.536. The average molecular weight is 343 g/mol. The summed E-state index contributed by atoms with van der Waals surface area (Å²) >= 11 is 0. The van der Waals surface area contributed by atoms with E-state index in [0.717, 1.165) is 0 Å². The van der Waals surface area contributed by atoms with Crippen LogP contribution in [0.5, 0.6) is 11.6 Å². The monoisotopic (exact) mass is 343 g/mol. The molecule has 0 aliphatic carbocycles. The first-order chi connectivity index (χ1) is 12.1. The molecule has 132 valence electrons. The maximum atomic E-state index is 10.4. The van der Waals surface area contributed by atoms with Crippen LogP contribution < -0.4 is 0 Å². The number of hydrogen-bond donors (Lipinski definition) is 4. The summed E-state index contributed by atoms with van der Waals surface area (Å²) in [6.07, 6.45) is 4.66. The molecule has 0 fully saturated rings. The van der Waals surface area contributed by atoms with E-state index in [2.05, 4.69) is 4.98 Å². The van der Waals surface area contributed by atoms with Crippen LogP contribution >= 0.6 is 0 Å². The Balaban J connectivity index is 1.96. The highest BCUT2D eigenvalue weighted by atomic mass is 16.3. The van der Waals surface area contributed by atoms with Crippen LogP contribution in [0.25, 0.3) is 11.1 Å². The van der Waals surface area contributed by atoms with E-state index in [1.165, 1.54) is 4.57 Å². The van der Waals surface area contributed by atoms with Gasteiger partial charge in [-0.3, -0.25) is 0 Å². The number of nitrogens with zero attached hydrogens (tertiary/aromatic N) is 3. The Kier molecular flexibility index (Phi) is 5.06. The first kappa shape index (κ1) is 17.1. The van der Waals surface area contributed by atoms with Crippen molar-refractivity contribution in [3.8, 4) is 22.8 Å². The zero-order valence-corrected chi connectivity index (χ0v) is 13.7. The smallest absolute Gasteiger partial charge is 0.235 e. The van der Waals surface area contributed by atoms with Crippen molar-refractivity contribution in [2.45, 2.75) is 25.6 Å². The summed E-state index contributed by atoms with van der Waals surface area (Å²) in [6, 6.07) is 9.00. The molecule has 4 N–H and O–H groups in total. The second-order valence-electron chi connectivity index (χ2n) is 5.80. The summed E-state index contributed by atoms with van der Waals surface area (Å²) in [5.74, 6) is -0.608. The van der Waals surface area contributed by atoms with E-state index in [1.807, 2.05) is 16.8 Å². The second-order valence-corrected chi connectivity index (χ2v) is 5.80. The second kappa shape index (κ2) is 7.42. The van der Waals surface area contributed by atoms with Crippen LogP contribution in [0.3, 0.4) is 0 Å². The van der Waals surface area contributed by atoms with Gasteiger partial charge in [0.2, 0.25) is 5.88 Å². The van der Waals surface area contributed by atoms with Crippen LogP contribution in [0, 0.1) is 0 Å². The minimum Gasteiger partial charge on any atom is -0.503 e. The molecular formula is C18H21N3O4. The molecule has 7 nitrogen and oxygen atoms in total. The topological polar surface area (TPSA) is 104 Å². The number of imidazole rings is 1. The van der Waals surface area contributed by atoms with Gasteiger partial charge in [-0.05, 0) is 12.0 Å². The van der Waals surface area contributed by atoms with Gasteiger partial charge >= 0.3 is 0 Å². The zero-order valence-electron chi connectivity index (χ0n) is 13.7. The minimum atomic E-state index is -1.21. The molecular weight excluding hydrogens is 322 g/mol. The molecule has 0 radical (unpaired) electrons. The summed E-state index contributed by atoms with van der Waals surface area (Å²) < 4.78 is 3.36. The van der Waals surface area contributed by atoms with Gasteiger partial charge in [0, 0.05) is 25.5 Å². The van der Waals surface area contributed by atoms with Crippen molar-refractivity contribution in [1.82, 2.24) is 14.1 Å². The molecule has 0 spiro atoms. The summed E-state index contributed by atoms with van der Waals surface area (Å²) in [5.41, 5.74) is 1.29. The lowest BCUT2D eigenvalue weighted by Gasteiger charge is -2.15. The van der Waals surface area contributed by atoms with Crippen LogP contribution in [-0.2, 0) is 13.1 Å². The third kappa shape index (κ3) is 3.38. The molecule has 0 amide bonds. The van der Waals surface area contributed by atoms with Crippen molar-refractivity contribution < 1.29 is 20.4 Å². The van der Waals surface area contributed by atoms with Crippen LogP contribution in [-0.4, -0.2) is 41.2 Å². The predicted molar refractivity (Wildman–Crippen MR) is 92.1 cm³/mol. The van der Waals surface area contributed by atoms with Gasteiger partial charge in [0.05, 0.1) is 24.2 Å². The van der Waals surface area contributed by atoms with Crippen molar-refractivity contribution >= 4 is 0 Å². The lowest BCUT2D eigenvalue weighted by molar-refractivity contribution is 0.0888. The van der Waals surface area contributed by atoms with Crippen molar-refractivity contribution in [3.63, 3.8) is 0 Å². The molecule has 2 aromatic heterocycles. The number of aromatic nitrogens is 3. The molecule has 0 bridgehead atoms. The SMILES string of the molecule is OCC(O)c1c(-c2ccccc2)c(O)c(O)n1CCCn1ccnc1. The van der Waals surface area contributed by atoms with E-state index in [4.69, 9.17) is 0 Å². The van der Waals surface area contributed by atoms with Gasteiger partial charge in [0.1, 0.15) is 6.10 Å². The van der Waals surface area contributed by atoms with Gasteiger partial charge < -0.3 is 29.6 Å². The lowest BCUT2D eigenvalue weighted by Crippen LogP contribution is -2.13. The normalized spacial score (nSPS) is 12.4. The highest BCUT2D eigenvalue weighted by molar-refractivity contribution is 5.76. The fourth-order valence-electron chi connectivity index (χ4n) is 2.99. The zero-order chi connectivity index (χ0) is 17.8. The molecule has 1 aromatic carbocycles. The van der Waals surface area contributed by atoms with Crippen LogP contribution in [0.15, 0.2) is 49.1 Å². The molecule has 1 unspecified atom stereocenters. The first-order valence-electron chi connectivity index (χ1n) is 8.08.